The Morgan fingerprint density at radius 3 is 2.82 bits per heavy atom. The van der Waals surface area contributed by atoms with Crippen molar-refractivity contribution in [3.63, 3.8) is 0 Å². The van der Waals surface area contributed by atoms with E-state index >= 15 is 0 Å². The summed E-state index contributed by atoms with van der Waals surface area (Å²) in [5, 5.41) is 8.00. The summed E-state index contributed by atoms with van der Waals surface area (Å²) in [6, 6.07) is 10.4. The molecule has 1 aliphatic rings. The minimum absolute atomic E-state index is 0.0844. The van der Waals surface area contributed by atoms with Crippen molar-refractivity contribution in [3.05, 3.63) is 65.2 Å². The van der Waals surface area contributed by atoms with E-state index in [1.807, 2.05) is 24.3 Å². The molecule has 0 radical (unpaired) electrons. The summed E-state index contributed by atoms with van der Waals surface area (Å²) < 4.78 is 32.7. The van der Waals surface area contributed by atoms with Gasteiger partial charge in [0.15, 0.2) is 0 Å². The van der Waals surface area contributed by atoms with Crippen LogP contribution < -0.4 is 10.5 Å². The summed E-state index contributed by atoms with van der Waals surface area (Å²) in [7, 11) is 0. The molecule has 0 bridgehead atoms. The topological polar surface area (TPSA) is 59.1 Å². The quantitative estimate of drug-likeness (QED) is 0.505. The zero-order valence-electron chi connectivity index (χ0n) is 11.6. The predicted octanol–water partition coefficient (Wildman–Crippen LogP) is 3.62. The second-order valence-electron chi connectivity index (χ2n) is 5.04. The molecule has 22 heavy (non-hydrogen) atoms. The number of halogens is 2. The Balaban J connectivity index is 1.93. The standard InChI is InChI=1S/C16H14F2N2OS/c17-10-5-6-13(18)11(9-10)15(19)22-16(20)7-8-21-14-4-2-1-3-12(14)16/h1-6,9,19H,7-8,20H2. The lowest BCUT2D eigenvalue weighted by atomic mass is 10.0. The van der Waals surface area contributed by atoms with E-state index in [4.69, 9.17) is 15.9 Å². The lowest BCUT2D eigenvalue weighted by molar-refractivity contribution is 0.258. The van der Waals surface area contributed by atoms with Crippen molar-refractivity contribution in [2.75, 3.05) is 6.61 Å². The van der Waals surface area contributed by atoms with Crippen LogP contribution >= 0.6 is 11.8 Å². The summed E-state index contributed by atoms with van der Waals surface area (Å²) in [6.45, 7) is 0.416. The third kappa shape index (κ3) is 2.71. The van der Waals surface area contributed by atoms with E-state index in [-0.39, 0.29) is 10.6 Å². The number of thioether (sulfide) groups is 1. The van der Waals surface area contributed by atoms with E-state index < -0.39 is 16.5 Å². The number of benzene rings is 2. The van der Waals surface area contributed by atoms with Crippen LogP contribution in [0.2, 0.25) is 0 Å². The first-order chi connectivity index (χ1) is 10.5. The molecular weight excluding hydrogens is 306 g/mol. The molecule has 1 aliphatic heterocycles. The Hall–Kier alpha value is -1.92. The first-order valence-electron chi connectivity index (χ1n) is 6.74. The summed E-state index contributed by atoms with van der Waals surface area (Å²) >= 11 is 1.02. The number of rotatable bonds is 2. The van der Waals surface area contributed by atoms with Gasteiger partial charge in [-0.2, -0.15) is 0 Å². The molecule has 0 aromatic heterocycles. The fraction of sp³-hybridized carbons (Fsp3) is 0.188. The monoisotopic (exact) mass is 320 g/mol. The van der Waals surface area contributed by atoms with Gasteiger partial charge in [-0.25, -0.2) is 8.78 Å². The fourth-order valence-electron chi connectivity index (χ4n) is 2.40. The highest BCUT2D eigenvalue weighted by Gasteiger charge is 2.36. The molecule has 1 heterocycles. The number of hydrogen-bond donors (Lipinski definition) is 2. The fourth-order valence-corrected chi connectivity index (χ4v) is 3.50. The first-order valence-corrected chi connectivity index (χ1v) is 7.55. The molecule has 0 amide bonds. The van der Waals surface area contributed by atoms with Gasteiger partial charge in [-0.1, -0.05) is 30.0 Å². The molecule has 3 rings (SSSR count). The lowest BCUT2D eigenvalue weighted by Gasteiger charge is -2.34. The van der Waals surface area contributed by atoms with Gasteiger partial charge in [-0.15, -0.1) is 0 Å². The van der Waals surface area contributed by atoms with E-state index in [0.717, 1.165) is 35.5 Å². The average Bonchev–Trinajstić information content (AvgIpc) is 2.50. The van der Waals surface area contributed by atoms with Crippen LogP contribution in [0.15, 0.2) is 42.5 Å². The molecule has 3 nitrogen and oxygen atoms in total. The van der Waals surface area contributed by atoms with Gasteiger partial charge in [-0.3, -0.25) is 5.41 Å². The Bertz CT molecular complexity index is 738. The number of nitrogens with one attached hydrogen (secondary N) is 1. The third-order valence-electron chi connectivity index (χ3n) is 3.53. The van der Waals surface area contributed by atoms with Crippen LogP contribution in [0.5, 0.6) is 5.75 Å². The molecule has 3 N–H and O–H groups in total. The van der Waals surface area contributed by atoms with Crippen molar-refractivity contribution >= 4 is 16.8 Å². The van der Waals surface area contributed by atoms with Crippen LogP contribution in [0.25, 0.3) is 0 Å². The van der Waals surface area contributed by atoms with Crippen LogP contribution in [0, 0.1) is 17.0 Å². The van der Waals surface area contributed by atoms with Crippen molar-refractivity contribution in [1.29, 1.82) is 5.41 Å². The zero-order chi connectivity index (χ0) is 15.7. The van der Waals surface area contributed by atoms with Gasteiger partial charge < -0.3 is 10.5 Å². The molecule has 0 saturated carbocycles. The minimum Gasteiger partial charge on any atom is -0.493 e. The van der Waals surface area contributed by atoms with Crippen LogP contribution in [0.3, 0.4) is 0 Å². The van der Waals surface area contributed by atoms with E-state index in [1.165, 1.54) is 0 Å². The highest BCUT2D eigenvalue weighted by molar-refractivity contribution is 8.15. The highest BCUT2D eigenvalue weighted by Crippen LogP contribution is 2.43. The summed E-state index contributed by atoms with van der Waals surface area (Å²) in [5.74, 6) is -0.556. The molecular formula is C16H14F2N2OS. The molecule has 114 valence electrons. The maximum Gasteiger partial charge on any atom is 0.133 e. The Kier molecular flexibility index (Phi) is 3.88. The smallest absolute Gasteiger partial charge is 0.133 e. The molecule has 1 atom stereocenters. The number of nitrogens with two attached hydrogens (primary N) is 1. The summed E-state index contributed by atoms with van der Waals surface area (Å²) in [5.41, 5.74) is 7.10. The molecule has 0 spiro atoms. The number of ether oxygens (including phenoxy) is 1. The van der Waals surface area contributed by atoms with Crippen molar-refractivity contribution in [2.24, 2.45) is 5.73 Å². The Labute approximate surface area is 131 Å². The molecule has 0 aliphatic carbocycles. The van der Waals surface area contributed by atoms with Gasteiger partial charge in [0.2, 0.25) is 0 Å². The number of hydrogen-bond acceptors (Lipinski definition) is 4. The van der Waals surface area contributed by atoms with Crippen LogP contribution in [0.1, 0.15) is 17.5 Å². The van der Waals surface area contributed by atoms with Gasteiger partial charge in [-0.05, 0) is 24.3 Å². The first kappa shape index (κ1) is 15.0. The van der Waals surface area contributed by atoms with E-state index in [2.05, 4.69) is 0 Å². The molecule has 0 fully saturated rings. The Morgan fingerprint density at radius 2 is 2.00 bits per heavy atom. The SMILES string of the molecule is N=C(SC1(N)CCOc2ccccc21)c1cc(F)ccc1F. The number of fused-ring (bicyclic) bond motifs is 1. The van der Waals surface area contributed by atoms with Gasteiger partial charge in [0.25, 0.3) is 0 Å². The van der Waals surface area contributed by atoms with Gasteiger partial charge >= 0.3 is 0 Å². The molecule has 0 saturated heterocycles. The van der Waals surface area contributed by atoms with Crippen LogP contribution in [-0.4, -0.2) is 11.7 Å². The predicted molar refractivity (Wildman–Crippen MR) is 83.2 cm³/mol. The van der Waals surface area contributed by atoms with E-state index in [9.17, 15) is 8.78 Å². The highest BCUT2D eigenvalue weighted by atomic mass is 32.2. The maximum absolute atomic E-state index is 13.8. The van der Waals surface area contributed by atoms with Crippen molar-refractivity contribution in [3.8, 4) is 5.75 Å². The lowest BCUT2D eigenvalue weighted by Crippen LogP contribution is -2.39. The molecule has 6 heteroatoms. The molecule has 1 unspecified atom stereocenters. The van der Waals surface area contributed by atoms with Crippen LogP contribution in [-0.2, 0) is 4.87 Å². The van der Waals surface area contributed by atoms with Crippen molar-refractivity contribution in [2.45, 2.75) is 11.3 Å². The van der Waals surface area contributed by atoms with E-state index in [1.54, 1.807) is 0 Å². The summed E-state index contributed by atoms with van der Waals surface area (Å²) in [6.07, 6.45) is 0.480. The number of para-hydroxylation sites is 1. The van der Waals surface area contributed by atoms with Gasteiger partial charge in [0.05, 0.1) is 11.7 Å². The van der Waals surface area contributed by atoms with Crippen molar-refractivity contribution < 1.29 is 13.5 Å². The average molecular weight is 320 g/mol. The second kappa shape index (κ2) is 5.70. The van der Waals surface area contributed by atoms with Crippen LogP contribution in [0.4, 0.5) is 8.78 Å². The van der Waals surface area contributed by atoms with E-state index in [0.29, 0.717) is 18.8 Å². The second-order valence-corrected chi connectivity index (χ2v) is 6.38. The summed E-state index contributed by atoms with van der Waals surface area (Å²) in [4.78, 5) is -0.898. The van der Waals surface area contributed by atoms with Gasteiger partial charge in [0, 0.05) is 17.5 Å². The zero-order valence-corrected chi connectivity index (χ0v) is 12.4. The third-order valence-corrected chi connectivity index (χ3v) is 4.74. The molecule has 2 aromatic rings. The minimum atomic E-state index is -0.898. The largest absolute Gasteiger partial charge is 0.493 e. The van der Waals surface area contributed by atoms with Crippen molar-refractivity contribution in [1.82, 2.24) is 0 Å². The maximum atomic E-state index is 13.8. The molecule has 2 aromatic carbocycles. The Morgan fingerprint density at radius 1 is 1.23 bits per heavy atom. The van der Waals surface area contributed by atoms with Gasteiger partial charge in [0.1, 0.15) is 22.3 Å². The normalized spacial score (nSPS) is 20.1.